The first-order valence-corrected chi connectivity index (χ1v) is 11.4. The lowest BCUT2D eigenvalue weighted by Gasteiger charge is -2.29. The molecule has 5 nitrogen and oxygen atoms in total. The molecule has 1 aliphatic rings. The Morgan fingerprint density at radius 2 is 1.86 bits per heavy atom. The molecular formula is C27H27F4N3O2. The summed E-state index contributed by atoms with van der Waals surface area (Å²) in [5, 5.41) is 4.37. The van der Waals surface area contributed by atoms with Crippen molar-refractivity contribution in [3.05, 3.63) is 89.5 Å². The number of halogens is 4. The van der Waals surface area contributed by atoms with Gasteiger partial charge in [0.1, 0.15) is 11.4 Å². The number of allylic oxidation sites excluding steroid dienone is 4. The van der Waals surface area contributed by atoms with Crippen LogP contribution in [0.1, 0.15) is 45.2 Å². The summed E-state index contributed by atoms with van der Waals surface area (Å²) in [6.07, 6.45) is 2.31. The van der Waals surface area contributed by atoms with Crippen LogP contribution in [0.2, 0.25) is 0 Å². The molecule has 0 fully saturated rings. The summed E-state index contributed by atoms with van der Waals surface area (Å²) < 4.78 is 60.0. The quantitative estimate of drug-likeness (QED) is 0.358. The van der Waals surface area contributed by atoms with E-state index >= 15 is 0 Å². The van der Waals surface area contributed by atoms with E-state index in [0.717, 1.165) is 11.6 Å². The van der Waals surface area contributed by atoms with E-state index in [0.29, 0.717) is 16.8 Å². The van der Waals surface area contributed by atoms with Crippen LogP contribution < -0.4 is 4.90 Å². The Balaban J connectivity index is 1.73. The molecule has 0 saturated heterocycles. The van der Waals surface area contributed by atoms with E-state index in [1.54, 1.807) is 68.0 Å². The molecule has 190 valence electrons. The first-order chi connectivity index (χ1) is 16.7. The zero-order valence-corrected chi connectivity index (χ0v) is 20.4. The van der Waals surface area contributed by atoms with Crippen molar-refractivity contribution >= 4 is 17.3 Å². The maximum atomic E-state index is 13.4. The molecule has 0 N–H and O–H groups in total. The number of anilines is 1. The van der Waals surface area contributed by atoms with E-state index < -0.39 is 28.9 Å². The van der Waals surface area contributed by atoms with Gasteiger partial charge in [-0.05, 0) is 57.0 Å². The maximum absolute atomic E-state index is 13.4. The molecule has 9 heteroatoms. The zero-order valence-electron chi connectivity index (χ0n) is 20.4. The van der Waals surface area contributed by atoms with Crippen LogP contribution in [0.15, 0.2) is 72.6 Å². The predicted octanol–water partition coefficient (Wildman–Crippen LogP) is 7.12. The van der Waals surface area contributed by atoms with Gasteiger partial charge in [0.2, 0.25) is 0 Å². The number of carbonyl (C=O) groups is 1. The van der Waals surface area contributed by atoms with Gasteiger partial charge in [-0.1, -0.05) is 37.3 Å². The van der Waals surface area contributed by atoms with E-state index in [1.807, 2.05) is 6.92 Å². The molecule has 0 aliphatic heterocycles. The lowest BCUT2D eigenvalue weighted by atomic mass is 9.76. The van der Waals surface area contributed by atoms with Crippen molar-refractivity contribution in [2.45, 2.75) is 57.9 Å². The van der Waals surface area contributed by atoms with Crippen LogP contribution >= 0.6 is 0 Å². The Bertz CT molecular complexity index is 1330. The Kier molecular flexibility index (Phi) is 6.45. The zero-order chi connectivity index (χ0) is 26.3. The summed E-state index contributed by atoms with van der Waals surface area (Å²) in [5.74, 6) is -0.385. The molecule has 1 aromatic carbocycles. The second kappa shape index (κ2) is 9.11. The summed E-state index contributed by atoms with van der Waals surface area (Å²) >= 11 is 0. The minimum Gasteiger partial charge on any atom is -0.443 e. The first kappa shape index (κ1) is 25.5. The number of benzene rings is 1. The smallest absolute Gasteiger partial charge is 0.416 e. The summed E-state index contributed by atoms with van der Waals surface area (Å²) in [6, 6.07) is 9.29. The van der Waals surface area contributed by atoms with Gasteiger partial charge in [-0.25, -0.2) is 13.7 Å². The highest BCUT2D eigenvalue weighted by molar-refractivity contribution is 5.89. The van der Waals surface area contributed by atoms with Gasteiger partial charge in [-0.15, -0.1) is 0 Å². The summed E-state index contributed by atoms with van der Waals surface area (Å²) in [4.78, 5) is 14.6. The topological polar surface area (TPSA) is 46.8 Å². The van der Waals surface area contributed by atoms with Gasteiger partial charge in [0.25, 0.3) is 0 Å². The Morgan fingerprint density at radius 1 is 1.17 bits per heavy atom. The average molecular weight is 502 g/mol. The standard InChI is InChI=1S/C27H27F4N3O2/c1-25(2,3)36-24(35)33(17-18-5-7-20(28)8-6-18)21-11-14-34-23(15-21)22(16-32-34)26(4)12-9-19(10-13-26)27(29,30)31/h5-12,14-16H,13,17H2,1-4H3. The minimum atomic E-state index is -4.40. The maximum Gasteiger partial charge on any atom is 0.416 e. The average Bonchev–Trinajstić information content (AvgIpc) is 3.21. The lowest BCUT2D eigenvalue weighted by molar-refractivity contribution is -0.0887. The van der Waals surface area contributed by atoms with Crippen LogP contribution in [0, 0.1) is 5.82 Å². The molecule has 1 unspecified atom stereocenters. The fourth-order valence-corrected chi connectivity index (χ4v) is 4.07. The highest BCUT2D eigenvalue weighted by Crippen LogP contribution is 2.40. The molecule has 36 heavy (non-hydrogen) atoms. The van der Waals surface area contributed by atoms with E-state index in [2.05, 4.69) is 5.10 Å². The Labute approximate surface area is 206 Å². The molecule has 0 spiro atoms. The monoisotopic (exact) mass is 501 g/mol. The van der Waals surface area contributed by atoms with Crippen LogP contribution in [-0.4, -0.2) is 27.5 Å². The van der Waals surface area contributed by atoms with E-state index in [4.69, 9.17) is 4.74 Å². The van der Waals surface area contributed by atoms with Crippen LogP contribution in [0.3, 0.4) is 0 Å². The number of amides is 1. The van der Waals surface area contributed by atoms with Crippen molar-refractivity contribution in [2.75, 3.05) is 4.90 Å². The largest absolute Gasteiger partial charge is 0.443 e. The second-order valence-electron chi connectivity index (χ2n) is 10.1. The van der Waals surface area contributed by atoms with Crippen LogP contribution in [0.5, 0.6) is 0 Å². The number of rotatable bonds is 4. The molecular weight excluding hydrogens is 474 g/mol. The van der Waals surface area contributed by atoms with Gasteiger partial charge in [0, 0.05) is 17.2 Å². The molecule has 0 saturated carbocycles. The van der Waals surface area contributed by atoms with Gasteiger partial charge >= 0.3 is 12.3 Å². The van der Waals surface area contributed by atoms with Crippen molar-refractivity contribution in [1.29, 1.82) is 0 Å². The molecule has 4 rings (SSSR count). The van der Waals surface area contributed by atoms with Gasteiger partial charge in [0.05, 0.1) is 29.5 Å². The highest BCUT2D eigenvalue weighted by atomic mass is 19.4. The van der Waals surface area contributed by atoms with Gasteiger partial charge < -0.3 is 4.74 Å². The van der Waals surface area contributed by atoms with Crippen LogP contribution in [0.4, 0.5) is 28.0 Å². The molecule has 1 amide bonds. The van der Waals surface area contributed by atoms with Crippen molar-refractivity contribution in [3.63, 3.8) is 0 Å². The Hall–Kier alpha value is -3.62. The minimum absolute atomic E-state index is 0.129. The summed E-state index contributed by atoms with van der Waals surface area (Å²) in [7, 11) is 0. The lowest BCUT2D eigenvalue weighted by Crippen LogP contribution is -2.36. The van der Waals surface area contributed by atoms with Gasteiger partial charge in [0.15, 0.2) is 0 Å². The van der Waals surface area contributed by atoms with Crippen molar-refractivity contribution in [1.82, 2.24) is 9.61 Å². The second-order valence-corrected chi connectivity index (χ2v) is 10.1. The first-order valence-electron chi connectivity index (χ1n) is 11.4. The number of fused-ring (bicyclic) bond motifs is 1. The van der Waals surface area contributed by atoms with E-state index in [-0.39, 0.29) is 18.8 Å². The number of pyridine rings is 1. The van der Waals surface area contributed by atoms with Crippen LogP contribution in [-0.2, 0) is 16.7 Å². The van der Waals surface area contributed by atoms with Crippen molar-refractivity contribution in [3.8, 4) is 0 Å². The van der Waals surface area contributed by atoms with E-state index in [1.165, 1.54) is 23.1 Å². The third kappa shape index (κ3) is 5.45. The normalized spacial score (nSPS) is 18.3. The molecule has 0 bridgehead atoms. The number of ether oxygens (including phenoxy) is 1. The van der Waals surface area contributed by atoms with Crippen molar-refractivity contribution in [2.24, 2.45) is 0 Å². The van der Waals surface area contributed by atoms with Crippen LogP contribution in [0.25, 0.3) is 5.52 Å². The number of hydrogen-bond donors (Lipinski definition) is 0. The molecule has 1 atom stereocenters. The molecule has 1 aliphatic carbocycles. The van der Waals surface area contributed by atoms with E-state index in [9.17, 15) is 22.4 Å². The fourth-order valence-electron chi connectivity index (χ4n) is 4.07. The van der Waals surface area contributed by atoms with Gasteiger partial charge in [-0.2, -0.15) is 18.3 Å². The number of aromatic nitrogens is 2. The van der Waals surface area contributed by atoms with Gasteiger partial charge in [-0.3, -0.25) is 4.90 Å². The number of carbonyl (C=O) groups excluding carboxylic acids is 1. The molecule has 2 heterocycles. The SMILES string of the molecule is CC(C)(C)OC(=O)N(Cc1ccc(F)cc1)c1ccn2ncc(C3(C)C=CC(C(F)(F)F)=CC3)c2c1. The third-order valence-electron chi connectivity index (χ3n) is 6.00. The third-order valence-corrected chi connectivity index (χ3v) is 6.00. The fraction of sp³-hybridized carbons (Fsp3) is 0.333. The number of nitrogens with zero attached hydrogens (tertiary/aromatic N) is 3. The summed E-state index contributed by atoms with van der Waals surface area (Å²) in [5.41, 5.74) is 0.448. The number of alkyl halides is 3. The summed E-state index contributed by atoms with van der Waals surface area (Å²) in [6.45, 7) is 7.26. The Morgan fingerprint density at radius 3 is 2.44 bits per heavy atom. The predicted molar refractivity (Wildman–Crippen MR) is 129 cm³/mol. The molecule has 2 aromatic heterocycles. The highest BCUT2D eigenvalue weighted by Gasteiger charge is 2.37. The molecule has 3 aromatic rings. The molecule has 0 radical (unpaired) electrons. The van der Waals surface area contributed by atoms with Crippen molar-refractivity contribution < 1.29 is 27.1 Å². The number of hydrogen-bond acceptors (Lipinski definition) is 3.